The minimum Gasteiger partial charge on any atom is -0.468 e. The van der Waals surface area contributed by atoms with Gasteiger partial charge < -0.3 is 20.3 Å². The SMILES string of the molecule is COC(=O)[C@H]1NCC[C@@H](O)[C@H]1O. The third-order valence-corrected chi connectivity index (χ3v) is 2.00. The average Bonchev–Trinajstić information content (AvgIpc) is 2.08. The molecule has 5 nitrogen and oxygen atoms in total. The molecular formula is C7H13NO4. The van der Waals surface area contributed by atoms with Crippen molar-refractivity contribution in [2.75, 3.05) is 13.7 Å². The summed E-state index contributed by atoms with van der Waals surface area (Å²) < 4.78 is 4.44. The van der Waals surface area contributed by atoms with Gasteiger partial charge in [0.2, 0.25) is 0 Å². The average molecular weight is 175 g/mol. The van der Waals surface area contributed by atoms with E-state index in [0.717, 1.165) is 0 Å². The third-order valence-electron chi connectivity index (χ3n) is 2.00. The summed E-state index contributed by atoms with van der Waals surface area (Å²) in [5.74, 6) is -0.541. The van der Waals surface area contributed by atoms with Crippen LogP contribution < -0.4 is 5.32 Å². The van der Waals surface area contributed by atoms with Crippen molar-refractivity contribution in [1.82, 2.24) is 5.32 Å². The summed E-state index contributed by atoms with van der Waals surface area (Å²) in [4.78, 5) is 11.0. The van der Waals surface area contributed by atoms with Crippen LogP contribution in [0.2, 0.25) is 0 Å². The number of piperidine rings is 1. The minimum absolute atomic E-state index is 0.453. The van der Waals surface area contributed by atoms with Crippen LogP contribution in [0.4, 0.5) is 0 Å². The van der Waals surface area contributed by atoms with E-state index in [4.69, 9.17) is 0 Å². The molecule has 12 heavy (non-hydrogen) atoms. The first-order valence-electron chi connectivity index (χ1n) is 3.84. The highest BCUT2D eigenvalue weighted by molar-refractivity contribution is 5.76. The van der Waals surface area contributed by atoms with E-state index in [9.17, 15) is 15.0 Å². The number of rotatable bonds is 1. The Bertz CT molecular complexity index is 173. The van der Waals surface area contributed by atoms with Crippen LogP contribution >= 0.6 is 0 Å². The van der Waals surface area contributed by atoms with Crippen LogP contribution in [-0.2, 0) is 9.53 Å². The second kappa shape index (κ2) is 3.84. The first-order chi connectivity index (χ1) is 5.66. The van der Waals surface area contributed by atoms with Crippen molar-refractivity contribution in [2.24, 2.45) is 0 Å². The van der Waals surface area contributed by atoms with Crippen molar-refractivity contribution < 1.29 is 19.7 Å². The van der Waals surface area contributed by atoms with Gasteiger partial charge in [0.25, 0.3) is 0 Å². The number of hydrogen-bond donors (Lipinski definition) is 3. The normalized spacial score (nSPS) is 36.1. The maximum atomic E-state index is 11.0. The largest absolute Gasteiger partial charge is 0.468 e. The van der Waals surface area contributed by atoms with Crippen LogP contribution in [0.5, 0.6) is 0 Å². The molecule has 0 radical (unpaired) electrons. The first-order valence-corrected chi connectivity index (χ1v) is 3.84. The van der Waals surface area contributed by atoms with Crippen molar-refractivity contribution in [2.45, 2.75) is 24.7 Å². The molecule has 0 unspecified atom stereocenters. The van der Waals surface area contributed by atoms with Gasteiger partial charge in [-0.2, -0.15) is 0 Å². The Labute approximate surface area is 70.3 Å². The Hall–Kier alpha value is -0.650. The Morgan fingerprint density at radius 3 is 2.83 bits per heavy atom. The standard InChI is InChI=1S/C7H13NO4/c1-12-7(11)5-6(10)4(9)2-3-8-5/h4-6,8-10H,2-3H2,1H3/t4-,5+,6-/m1/s1. The Morgan fingerprint density at radius 1 is 1.58 bits per heavy atom. The van der Waals surface area contributed by atoms with E-state index in [1.54, 1.807) is 0 Å². The van der Waals surface area contributed by atoms with Gasteiger partial charge in [-0.1, -0.05) is 0 Å². The summed E-state index contributed by atoms with van der Waals surface area (Å²) in [5, 5.41) is 21.3. The number of hydrogen-bond acceptors (Lipinski definition) is 5. The topological polar surface area (TPSA) is 78.8 Å². The van der Waals surface area contributed by atoms with Gasteiger partial charge in [-0.3, -0.25) is 4.79 Å². The molecular weight excluding hydrogens is 162 g/mol. The van der Waals surface area contributed by atoms with Gasteiger partial charge in [0.1, 0.15) is 12.1 Å². The van der Waals surface area contributed by atoms with E-state index in [1.165, 1.54) is 7.11 Å². The second-order valence-electron chi connectivity index (χ2n) is 2.80. The monoisotopic (exact) mass is 175 g/mol. The number of nitrogens with one attached hydrogen (secondary N) is 1. The summed E-state index contributed by atoms with van der Waals surface area (Å²) in [6.45, 7) is 0.512. The molecule has 3 N–H and O–H groups in total. The molecule has 0 aliphatic carbocycles. The zero-order chi connectivity index (χ0) is 9.14. The maximum Gasteiger partial charge on any atom is 0.325 e. The lowest BCUT2D eigenvalue weighted by atomic mass is 9.99. The molecule has 1 aliphatic heterocycles. The molecule has 3 atom stereocenters. The third kappa shape index (κ3) is 1.74. The highest BCUT2D eigenvalue weighted by Crippen LogP contribution is 2.10. The molecule has 1 saturated heterocycles. The van der Waals surface area contributed by atoms with E-state index in [1.807, 2.05) is 0 Å². The van der Waals surface area contributed by atoms with Crippen LogP contribution in [0.1, 0.15) is 6.42 Å². The zero-order valence-corrected chi connectivity index (χ0v) is 6.86. The minimum atomic E-state index is -1.06. The van der Waals surface area contributed by atoms with Crippen LogP contribution in [0, 0.1) is 0 Å². The first kappa shape index (κ1) is 9.44. The van der Waals surface area contributed by atoms with Gasteiger partial charge in [-0.25, -0.2) is 0 Å². The molecule has 0 aromatic heterocycles. The van der Waals surface area contributed by atoms with Crippen molar-refractivity contribution >= 4 is 5.97 Å². The fraction of sp³-hybridized carbons (Fsp3) is 0.857. The van der Waals surface area contributed by atoms with Gasteiger partial charge in [-0.05, 0) is 13.0 Å². The highest BCUT2D eigenvalue weighted by atomic mass is 16.5. The van der Waals surface area contributed by atoms with Gasteiger partial charge in [0.15, 0.2) is 0 Å². The molecule has 5 heteroatoms. The lowest BCUT2D eigenvalue weighted by Gasteiger charge is -2.30. The fourth-order valence-corrected chi connectivity index (χ4v) is 1.25. The Kier molecular flexibility index (Phi) is 3.02. The number of aliphatic hydroxyl groups is 2. The summed E-state index contributed by atoms with van der Waals surface area (Å²) in [5.41, 5.74) is 0. The number of carbonyl (C=O) groups is 1. The van der Waals surface area contributed by atoms with Crippen molar-refractivity contribution in [3.8, 4) is 0 Å². The fourth-order valence-electron chi connectivity index (χ4n) is 1.25. The molecule has 1 aliphatic rings. The van der Waals surface area contributed by atoms with E-state index in [0.29, 0.717) is 13.0 Å². The van der Waals surface area contributed by atoms with Gasteiger partial charge in [0, 0.05) is 0 Å². The van der Waals surface area contributed by atoms with E-state index in [-0.39, 0.29) is 0 Å². The highest BCUT2D eigenvalue weighted by Gasteiger charge is 2.35. The zero-order valence-electron chi connectivity index (χ0n) is 6.86. The molecule has 70 valence electrons. The van der Waals surface area contributed by atoms with Gasteiger partial charge in [0.05, 0.1) is 13.2 Å². The predicted molar refractivity (Wildman–Crippen MR) is 40.4 cm³/mol. The van der Waals surface area contributed by atoms with E-state index < -0.39 is 24.2 Å². The number of aliphatic hydroxyl groups excluding tert-OH is 2. The second-order valence-corrected chi connectivity index (χ2v) is 2.80. The number of methoxy groups -OCH3 is 1. The lowest BCUT2D eigenvalue weighted by Crippen LogP contribution is -2.56. The summed E-state index contributed by atoms with van der Waals surface area (Å²) >= 11 is 0. The Morgan fingerprint density at radius 2 is 2.25 bits per heavy atom. The van der Waals surface area contributed by atoms with Crippen molar-refractivity contribution in [3.63, 3.8) is 0 Å². The number of esters is 1. The molecule has 0 spiro atoms. The molecule has 1 rings (SSSR count). The van der Waals surface area contributed by atoms with Gasteiger partial charge in [-0.15, -0.1) is 0 Å². The molecule has 0 amide bonds. The molecule has 0 bridgehead atoms. The van der Waals surface area contributed by atoms with E-state index >= 15 is 0 Å². The number of carbonyl (C=O) groups excluding carboxylic acids is 1. The van der Waals surface area contributed by atoms with Crippen molar-refractivity contribution in [1.29, 1.82) is 0 Å². The smallest absolute Gasteiger partial charge is 0.325 e. The predicted octanol–water partition coefficient (Wildman–Crippen LogP) is -1.76. The van der Waals surface area contributed by atoms with Crippen LogP contribution in [0.15, 0.2) is 0 Å². The van der Waals surface area contributed by atoms with Crippen LogP contribution in [0.3, 0.4) is 0 Å². The summed E-state index contributed by atoms with van der Waals surface area (Å²) in [7, 11) is 1.25. The lowest BCUT2D eigenvalue weighted by molar-refractivity contribution is -0.150. The molecule has 0 aromatic rings. The van der Waals surface area contributed by atoms with Crippen LogP contribution in [0.25, 0.3) is 0 Å². The quantitative estimate of drug-likeness (QED) is 0.412. The maximum absolute atomic E-state index is 11.0. The Balaban J connectivity index is 2.57. The van der Waals surface area contributed by atoms with Crippen LogP contribution in [-0.4, -0.2) is 48.1 Å². The number of ether oxygens (including phenoxy) is 1. The molecule has 0 aromatic carbocycles. The molecule has 1 fully saturated rings. The summed E-state index contributed by atoms with van der Waals surface area (Å²) in [6.07, 6.45) is -1.45. The summed E-state index contributed by atoms with van der Waals surface area (Å²) in [6, 6.07) is -0.793. The van der Waals surface area contributed by atoms with Gasteiger partial charge >= 0.3 is 5.97 Å². The van der Waals surface area contributed by atoms with E-state index in [2.05, 4.69) is 10.1 Å². The molecule has 1 heterocycles. The molecule has 0 saturated carbocycles. The van der Waals surface area contributed by atoms with Crippen molar-refractivity contribution in [3.05, 3.63) is 0 Å².